The minimum atomic E-state index is -1.36. The number of carbonyl (C=O) groups excluding carboxylic acids is 4. The summed E-state index contributed by atoms with van der Waals surface area (Å²) in [4.78, 5) is 49.0. The molecule has 0 radical (unpaired) electrons. The first kappa shape index (κ1) is 31.5. The first-order valence-corrected chi connectivity index (χ1v) is 11.4. The first-order valence-electron chi connectivity index (χ1n) is 11.4. The van der Waals surface area contributed by atoms with Crippen LogP contribution in [0.2, 0.25) is 0 Å². The fourth-order valence-corrected chi connectivity index (χ4v) is 2.62. The molecule has 0 bridgehead atoms. The summed E-state index contributed by atoms with van der Waals surface area (Å²) in [6, 6.07) is 0.452. The summed E-state index contributed by atoms with van der Waals surface area (Å²) in [5.41, 5.74) is -2.87. The standard InChI is InChI=1S/C25H36FNO10/c1-23(2,3)35-20(29)27-16(19(28)32-10)11-14-12-17(33-21(30)36-24(4,5)6)18(13-15(14)26)34-22(31)37-25(7,8)9/h12-13,16H,11H2,1-10H3,(H,27,29)/t16-/m0/s1/i26-1. The smallest absolute Gasteiger partial charge is 0.467 e. The van der Waals surface area contributed by atoms with Gasteiger partial charge in [0.2, 0.25) is 0 Å². The van der Waals surface area contributed by atoms with E-state index in [0.717, 1.165) is 19.2 Å². The molecule has 0 saturated carbocycles. The highest BCUT2D eigenvalue weighted by molar-refractivity contribution is 5.81. The molecule has 0 saturated heterocycles. The van der Waals surface area contributed by atoms with Crippen molar-refractivity contribution in [2.75, 3.05) is 7.11 Å². The molecule has 1 amide bonds. The average molecular weight is 529 g/mol. The summed E-state index contributed by atoms with van der Waals surface area (Å²) in [5, 5.41) is 2.32. The monoisotopic (exact) mass is 528 g/mol. The summed E-state index contributed by atoms with van der Waals surface area (Å²) < 4.78 is 45.3. The Bertz CT molecular complexity index is 1000. The largest absolute Gasteiger partial charge is 0.514 e. The van der Waals surface area contributed by atoms with Crippen LogP contribution in [-0.4, -0.2) is 54.3 Å². The number of carbonyl (C=O) groups is 4. The van der Waals surface area contributed by atoms with Gasteiger partial charge in [0.05, 0.1) is 7.11 Å². The average Bonchev–Trinajstić information content (AvgIpc) is 2.65. The molecule has 0 unspecified atom stereocenters. The van der Waals surface area contributed by atoms with Gasteiger partial charge in [-0.15, -0.1) is 0 Å². The second kappa shape index (κ2) is 12.1. The molecule has 1 atom stereocenters. The van der Waals surface area contributed by atoms with Crippen molar-refractivity contribution in [3.8, 4) is 11.5 Å². The Kier molecular flexibility index (Phi) is 10.3. The number of ether oxygens (including phenoxy) is 6. The van der Waals surface area contributed by atoms with Gasteiger partial charge in [0, 0.05) is 12.5 Å². The van der Waals surface area contributed by atoms with E-state index in [0.29, 0.717) is 0 Å². The van der Waals surface area contributed by atoms with E-state index in [1.165, 1.54) is 0 Å². The molecule has 1 aromatic carbocycles. The van der Waals surface area contributed by atoms with E-state index in [-0.39, 0.29) is 5.56 Å². The van der Waals surface area contributed by atoms with E-state index in [2.05, 4.69) is 5.32 Å². The summed E-state index contributed by atoms with van der Waals surface area (Å²) in [6.45, 7) is 14.5. The molecule has 0 aliphatic rings. The molecule has 208 valence electrons. The Morgan fingerprint density at radius 1 is 0.784 bits per heavy atom. The van der Waals surface area contributed by atoms with E-state index in [9.17, 15) is 19.2 Å². The zero-order chi connectivity index (χ0) is 28.8. The number of nitrogens with one attached hydrogen (secondary N) is 1. The van der Waals surface area contributed by atoms with Gasteiger partial charge >= 0.3 is 24.4 Å². The number of hydrogen-bond acceptors (Lipinski definition) is 10. The lowest BCUT2D eigenvalue weighted by atomic mass is 10.0. The molecule has 1 N–H and O–H groups in total. The normalized spacial score (nSPS) is 12.6. The number of rotatable bonds is 6. The number of alkyl carbamates (subject to hydrolysis) is 1. The van der Waals surface area contributed by atoms with Crippen molar-refractivity contribution in [3.63, 3.8) is 0 Å². The van der Waals surface area contributed by atoms with Crippen LogP contribution in [0.25, 0.3) is 0 Å². The van der Waals surface area contributed by atoms with Crippen LogP contribution in [0.15, 0.2) is 12.1 Å². The fourth-order valence-electron chi connectivity index (χ4n) is 2.62. The van der Waals surface area contributed by atoms with Gasteiger partial charge in [0.25, 0.3) is 0 Å². The van der Waals surface area contributed by atoms with Gasteiger partial charge in [-0.3, -0.25) is 0 Å². The molecule has 0 spiro atoms. The van der Waals surface area contributed by atoms with Crippen molar-refractivity contribution >= 4 is 24.4 Å². The maximum atomic E-state index is 15.1. The third-order valence-electron chi connectivity index (χ3n) is 3.88. The van der Waals surface area contributed by atoms with Crippen molar-refractivity contribution in [1.29, 1.82) is 0 Å². The van der Waals surface area contributed by atoms with Crippen LogP contribution in [0.1, 0.15) is 67.9 Å². The predicted molar refractivity (Wildman–Crippen MR) is 129 cm³/mol. The zero-order valence-corrected chi connectivity index (χ0v) is 22.9. The van der Waals surface area contributed by atoms with Gasteiger partial charge in [-0.25, -0.2) is 23.6 Å². The second-order valence-corrected chi connectivity index (χ2v) is 10.9. The van der Waals surface area contributed by atoms with Crippen molar-refractivity contribution < 1.29 is 52.0 Å². The van der Waals surface area contributed by atoms with E-state index < -0.39 is 71.0 Å². The lowest BCUT2D eigenvalue weighted by molar-refractivity contribution is -0.143. The molecule has 11 nitrogen and oxygen atoms in total. The minimum absolute atomic E-state index is 0.179. The number of amides is 1. The topological polar surface area (TPSA) is 136 Å². The SMILES string of the molecule is COC(=O)[C@H](Cc1cc(OC(=O)OC(C)(C)C)c(OC(=O)OC(C)(C)C)cc1[18F])NC(=O)OC(C)(C)C. The number of hydrogen-bond donors (Lipinski definition) is 1. The summed E-state index contributed by atoms with van der Waals surface area (Å²) in [5.74, 6) is -2.68. The number of esters is 1. The Morgan fingerprint density at radius 2 is 1.22 bits per heavy atom. The van der Waals surface area contributed by atoms with Crippen LogP contribution >= 0.6 is 0 Å². The highest BCUT2D eigenvalue weighted by Crippen LogP contribution is 2.33. The first-order chi connectivity index (χ1) is 16.7. The number of methoxy groups -OCH3 is 1. The second-order valence-electron chi connectivity index (χ2n) is 10.9. The molecule has 0 fully saturated rings. The third kappa shape index (κ3) is 12.3. The van der Waals surface area contributed by atoms with E-state index >= 15 is 4.39 Å². The maximum absolute atomic E-state index is 15.1. The van der Waals surface area contributed by atoms with Gasteiger partial charge in [0.1, 0.15) is 28.7 Å². The fraction of sp³-hybridized carbons (Fsp3) is 0.600. The lowest BCUT2D eigenvalue weighted by Gasteiger charge is -2.23. The van der Waals surface area contributed by atoms with Crippen LogP contribution < -0.4 is 14.8 Å². The summed E-state index contributed by atoms with van der Waals surface area (Å²) in [7, 11) is 1.09. The van der Waals surface area contributed by atoms with Crippen LogP contribution in [-0.2, 0) is 30.2 Å². The van der Waals surface area contributed by atoms with Gasteiger partial charge in [-0.05, 0) is 73.9 Å². The third-order valence-corrected chi connectivity index (χ3v) is 3.88. The van der Waals surface area contributed by atoms with Crippen LogP contribution in [0.4, 0.5) is 18.8 Å². The highest BCUT2D eigenvalue weighted by Gasteiger charge is 2.29. The molecule has 12 heteroatoms. The van der Waals surface area contributed by atoms with E-state index in [4.69, 9.17) is 28.4 Å². The molecule has 1 aromatic rings. The highest BCUT2D eigenvalue weighted by atomic mass is 18.2. The minimum Gasteiger partial charge on any atom is -0.467 e. The van der Waals surface area contributed by atoms with Gasteiger partial charge in [-0.1, -0.05) is 0 Å². The maximum Gasteiger partial charge on any atom is 0.514 e. The molecule has 1 rings (SSSR count). The van der Waals surface area contributed by atoms with Crippen molar-refractivity contribution in [2.45, 2.75) is 91.6 Å². The van der Waals surface area contributed by atoms with Crippen molar-refractivity contribution in [2.24, 2.45) is 0 Å². The van der Waals surface area contributed by atoms with Crippen LogP contribution in [0.3, 0.4) is 0 Å². The molecular formula is C25H36FNO10. The Labute approximate surface area is 215 Å². The molecular weight excluding hydrogens is 492 g/mol. The molecule has 0 aliphatic heterocycles. The van der Waals surface area contributed by atoms with Crippen molar-refractivity contribution in [3.05, 3.63) is 23.5 Å². The van der Waals surface area contributed by atoms with Crippen LogP contribution in [0.5, 0.6) is 11.5 Å². The zero-order valence-electron chi connectivity index (χ0n) is 22.9. The molecule has 37 heavy (non-hydrogen) atoms. The summed E-state index contributed by atoms with van der Waals surface area (Å²) in [6.07, 6.45) is -3.68. The van der Waals surface area contributed by atoms with Gasteiger partial charge < -0.3 is 33.7 Å². The Balaban J connectivity index is 3.36. The van der Waals surface area contributed by atoms with Gasteiger partial charge in [0.15, 0.2) is 11.5 Å². The van der Waals surface area contributed by atoms with E-state index in [1.807, 2.05) is 0 Å². The van der Waals surface area contributed by atoms with Crippen molar-refractivity contribution in [1.82, 2.24) is 5.32 Å². The van der Waals surface area contributed by atoms with E-state index in [1.54, 1.807) is 62.3 Å². The van der Waals surface area contributed by atoms with Gasteiger partial charge in [-0.2, -0.15) is 0 Å². The van der Waals surface area contributed by atoms with Crippen LogP contribution in [0, 0.1) is 5.82 Å². The molecule has 0 aliphatic carbocycles. The molecule has 0 aromatic heterocycles. The Hall–Kier alpha value is -3.57. The predicted octanol–water partition coefficient (Wildman–Crippen LogP) is 5.06. The number of benzene rings is 1. The lowest BCUT2D eigenvalue weighted by Crippen LogP contribution is -2.45. The summed E-state index contributed by atoms with van der Waals surface area (Å²) >= 11 is 0. The quantitative estimate of drug-likeness (QED) is 0.303. The number of halogens is 1. The Morgan fingerprint density at radius 3 is 1.62 bits per heavy atom. The molecule has 0 heterocycles.